The number of hydrogen-bond acceptors (Lipinski definition) is 5. The van der Waals surface area contributed by atoms with Crippen LogP contribution in [0.5, 0.6) is 0 Å². The van der Waals surface area contributed by atoms with Crippen LogP contribution in [0.2, 0.25) is 0 Å². The van der Waals surface area contributed by atoms with Gasteiger partial charge in [0.15, 0.2) is 6.61 Å². The van der Waals surface area contributed by atoms with Crippen molar-refractivity contribution in [2.75, 3.05) is 20.2 Å². The molecule has 1 heterocycles. The fraction of sp³-hybridized carbons (Fsp3) is 0.217. The number of ether oxygens (including phenoxy) is 1. The number of esters is 1. The van der Waals surface area contributed by atoms with Gasteiger partial charge in [-0.05, 0) is 5.56 Å². The molecule has 1 aromatic heterocycles. The highest BCUT2D eigenvalue weighted by Crippen LogP contribution is 2.23. The van der Waals surface area contributed by atoms with E-state index in [1.54, 1.807) is 17.9 Å². The van der Waals surface area contributed by atoms with Gasteiger partial charge in [0.05, 0.1) is 19.0 Å². The molecule has 30 heavy (non-hydrogen) atoms. The van der Waals surface area contributed by atoms with Crippen LogP contribution in [0.25, 0.3) is 11.3 Å². The number of likely N-dealkylation sites (N-methyl/N-ethyl adjacent to an activating group) is 1. The minimum Gasteiger partial charge on any atom is -0.452 e. The molecular weight excluding hydrogens is 380 g/mol. The number of nitriles is 1. The Morgan fingerprint density at radius 1 is 1.10 bits per heavy atom. The number of rotatable bonds is 8. The maximum Gasteiger partial charge on any atom is 0.342 e. The smallest absolute Gasteiger partial charge is 0.342 e. The van der Waals surface area contributed by atoms with Crippen LogP contribution in [-0.4, -0.2) is 46.8 Å². The summed E-state index contributed by atoms with van der Waals surface area (Å²) >= 11 is 0. The lowest BCUT2D eigenvalue weighted by Gasteiger charge is -2.15. The summed E-state index contributed by atoms with van der Waals surface area (Å²) in [6.07, 6.45) is 1.86. The Balaban J connectivity index is 1.79. The van der Waals surface area contributed by atoms with E-state index in [1.807, 2.05) is 66.7 Å². The summed E-state index contributed by atoms with van der Waals surface area (Å²) in [5, 5.41) is 13.2. The van der Waals surface area contributed by atoms with Crippen molar-refractivity contribution in [1.29, 1.82) is 5.26 Å². The van der Waals surface area contributed by atoms with E-state index in [0.717, 1.165) is 11.1 Å². The van der Waals surface area contributed by atoms with Crippen molar-refractivity contribution >= 4 is 11.9 Å². The Kier molecular flexibility index (Phi) is 6.95. The Hall–Kier alpha value is -3.92. The van der Waals surface area contributed by atoms with Crippen LogP contribution in [0.15, 0.2) is 66.9 Å². The normalized spacial score (nSPS) is 10.3. The highest BCUT2D eigenvalue weighted by atomic mass is 16.5. The first-order chi connectivity index (χ1) is 14.6. The van der Waals surface area contributed by atoms with Crippen molar-refractivity contribution in [2.24, 2.45) is 0 Å². The zero-order valence-corrected chi connectivity index (χ0v) is 16.7. The molecule has 0 saturated heterocycles. The molecule has 0 N–H and O–H groups in total. The van der Waals surface area contributed by atoms with E-state index in [0.29, 0.717) is 17.8 Å². The summed E-state index contributed by atoms with van der Waals surface area (Å²) in [5.74, 6) is -0.980. The molecule has 0 bridgehead atoms. The number of amides is 1. The second-order valence-corrected chi connectivity index (χ2v) is 6.74. The Labute approximate surface area is 175 Å². The molecule has 1 amide bonds. The van der Waals surface area contributed by atoms with Crippen LogP contribution in [-0.2, 0) is 16.1 Å². The predicted octanol–water partition coefficient (Wildman–Crippen LogP) is 3.13. The lowest BCUT2D eigenvalue weighted by atomic mass is 10.1. The van der Waals surface area contributed by atoms with Gasteiger partial charge in [0.2, 0.25) is 0 Å². The van der Waals surface area contributed by atoms with Gasteiger partial charge >= 0.3 is 5.97 Å². The number of hydrogen-bond donors (Lipinski definition) is 0. The quantitative estimate of drug-likeness (QED) is 0.540. The summed E-state index contributed by atoms with van der Waals surface area (Å²) in [6, 6.07) is 21.1. The van der Waals surface area contributed by atoms with Gasteiger partial charge in [-0.25, -0.2) is 4.79 Å². The highest BCUT2D eigenvalue weighted by molar-refractivity contribution is 5.97. The molecule has 0 atom stereocenters. The zero-order valence-electron chi connectivity index (χ0n) is 16.7. The summed E-state index contributed by atoms with van der Waals surface area (Å²) in [4.78, 5) is 26.2. The molecular formula is C23H22N4O3. The number of carbonyl (C=O) groups is 2. The van der Waals surface area contributed by atoms with E-state index in [-0.39, 0.29) is 18.9 Å². The molecule has 2 aromatic carbocycles. The average Bonchev–Trinajstić information content (AvgIpc) is 3.20. The molecule has 0 saturated carbocycles. The molecule has 0 aliphatic heterocycles. The van der Waals surface area contributed by atoms with Crippen LogP contribution < -0.4 is 0 Å². The predicted molar refractivity (Wildman–Crippen MR) is 111 cm³/mol. The molecule has 0 unspecified atom stereocenters. The monoisotopic (exact) mass is 402 g/mol. The Morgan fingerprint density at radius 3 is 2.43 bits per heavy atom. The second-order valence-electron chi connectivity index (χ2n) is 6.74. The first kappa shape index (κ1) is 20.8. The molecule has 0 spiro atoms. The van der Waals surface area contributed by atoms with E-state index in [2.05, 4.69) is 5.10 Å². The maximum atomic E-state index is 12.7. The van der Waals surface area contributed by atoms with Gasteiger partial charge in [0, 0.05) is 25.4 Å². The molecule has 7 heteroatoms. The van der Waals surface area contributed by atoms with Crippen molar-refractivity contribution in [3.05, 3.63) is 78.0 Å². The molecule has 0 radical (unpaired) electrons. The SMILES string of the molecule is CN(CCC#N)C(=O)COC(=O)c1cn(Cc2ccccc2)nc1-c1ccccc1. The molecule has 0 aliphatic carbocycles. The molecule has 0 fully saturated rings. The molecule has 7 nitrogen and oxygen atoms in total. The summed E-state index contributed by atoms with van der Waals surface area (Å²) < 4.78 is 6.94. The van der Waals surface area contributed by atoms with Crippen LogP contribution in [0.4, 0.5) is 0 Å². The fourth-order valence-corrected chi connectivity index (χ4v) is 2.89. The number of nitrogens with zero attached hydrogens (tertiary/aromatic N) is 4. The van der Waals surface area contributed by atoms with Crippen molar-refractivity contribution in [2.45, 2.75) is 13.0 Å². The van der Waals surface area contributed by atoms with Gasteiger partial charge in [0.1, 0.15) is 11.3 Å². The van der Waals surface area contributed by atoms with Gasteiger partial charge in [-0.15, -0.1) is 0 Å². The first-order valence-electron chi connectivity index (χ1n) is 9.53. The average molecular weight is 402 g/mol. The largest absolute Gasteiger partial charge is 0.452 e. The molecule has 152 valence electrons. The third kappa shape index (κ3) is 5.32. The minimum atomic E-state index is -0.616. The van der Waals surface area contributed by atoms with Gasteiger partial charge in [0.25, 0.3) is 5.91 Å². The topological polar surface area (TPSA) is 88.2 Å². The Morgan fingerprint density at radius 2 is 1.77 bits per heavy atom. The standard InChI is InChI=1S/C23H22N4O3/c1-26(14-8-13-24)21(28)17-30-23(29)20-16-27(15-18-9-4-2-5-10-18)25-22(20)19-11-6-3-7-12-19/h2-7,9-12,16H,8,14-15,17H2,1H3. The number of benzene rings is 2. The van der Waals surface area contributed by atoms with Gasteiger partial charge in [-0.1, -0.05) is 60.7 Å². The Bertz CT molecular complexity index is 1040. The summed E-state index contributed by atoms with van der Waals surface area (Å²) in [7, 11) is 1.57. The molecule has 0 aliphatic rings. The van der Waals surface area contributed by atoms with Crippen LogP contribution >= 0.6 is 0 Å². The molecule has 3 rings (SSSR count). The summed E-state index contributed by atoms with van der Waals surface area (Å²) in [5.41, 5.74) is 2.63. The third-order valence-corrected chi connectivity index (χ3v) is 4.53. The van der Waals surface area contributed by atoms with Crippen LogP contribution in [0.1, 0.15) is 22.3 Å². The van der Waals surface area contributed by atoms with Crippen molar-refractivity contribution in [3.8, 4) is 17.3 Å². The van der Waals surface area contributed by atoms with Gasteiger partial charge < -0.3 is 9.64 Å². The van der Waals surface area contributed by atoms with Crippen molar-refractivity contribution in [1.82, 2.24) is 14.7 Å². The number of carbonyl (C=O) groups excluding carboxylic acids is 2. The zero-order chi connectivity index (χ0) is 21.3. The minimum absolute atomic E-state index is 0.223. The van der Waals surface area contributed by atoms with E-state index in [1.165, 1.54) is 4.90 Å². The highest BCUT2D eigenvalue weighted by Gasteiger charge is 2.21. The van der Waals surface area contributed by atoms with E-state index < -0.39 is 12.6 Å². The van der Waals surface area contributed by atoms with Crippen molar-refractivity contribution in [3.63, 3.8) is 0 Å². The van der Waals surface area contributed by atoms with E-state index in [4.69, 9.17) is 10.00 Å². The number of aromatic nitrogens is 2. The fourth-order valence-electron chi connectivity index (χ4n) is 2.89. The van der Waals surface area contributed by atoms with Crippen LogP contribution in [0, 0.1) is 11.3 Å². The van der Waals surface area contributed by atoms with E-state index >= 15 is 0 Å². The van der Waals surface area contributed by atoms with Crippen LogP contribution in [0.3, 0.4) is 0 Å². The lowest BCUT2D eigenvalue weighted by Crippen LogP contribution is -2.31. The van der Waals surface area contributed by atoms with E-state index in [9.17, 15) is 9.59 Å². The molecule has 3 aromatic rings. The third-order valence-electron chi connectivity index (χ3n) is 4.53. The second kappa shape index (κ2) is 10.0. The van der Waals surface area contributed by atoms with Crippen molar-refractivity contribution < 1.29 is 14.3 Å². The first-order valence-corrected chi connectivity index (χ1v) is 9.53. The van der Waals surface area contributed by atoms with Gasteiger partial charge in [-0.2, -0.15) is 10.4 Å². The lowest BCUT2D eigenvalue weighted by molar-refractivity contribution is -0.133. The van der Waals surface area contributed by atoms with Gasteiger partial charge in [-0.3, -0.25) is 9.48 Å². The summed E-state index contributed by atoms with van der Waals surface area (Å²) in [6.45, 7) is 0.403. The maximum absolute atomic E-state index is 12.7.